The Balaban J connectivity index is -0.000000107. The lowest BCUT2D eigenvalue weighted by atomic mass is 12.0. The van der Waals surface area contributed by atoms with Crippen molar-refractivity contribution >= 4 is 32.4 Å². The van der Waals surface area contributed by atoms with Crippen LogP contribution in [-0.2, 0) is 11.8 Å². The van der Waals surface area contributed by atoms with Gasteiger partial charge in [-0.05, 0) is 0 Å². The molecule has 0 saturated carbocycles. The second-order valence-electron chi connectivity index (χ2n) is 1.13. The van der Waals surface area contributed by atoms with Gasteiger partial charge in [0, 0.05) is 7.57 Å². The fraction of sp³-hybridized carbons (Fsp3) is 0.500. The van der Waals surface area contributed by atoms with E-state index in [1.807, 2.05) is 0 Å². The average molecular weight is 223 g/mol. The molecule has 0 bridgehead atoms. The third kappa shape index (κ3) is 1610. The molecule has 0 radical (unpaired) electrons. The van der Waals surface area contributed by atoms with Crippen molar-refractivity contribution in [1.29, 1.82) is 0 Å². The molecule has 0 heterocycles. The van der Waals surface area contributed by atoms with Gasteiger partial charge < -0.3 is 29.4 Å². The van der Waals surface area contributed by atoms with Gasteiger partial charge in [-0.1, -0.05) is 20.4 Å². The summed E-state index contributed by atoms with van der Waals surface area (Å²) in [5.74, 6) is 0. The van der Waals surface area contributed by atoms with Gasteiger partial charge in [-0.25, -0.2) is 0 Å². The van der Waals surface area contributed by atoms with Crippen LogP contribution in [0.15, 0.2) is 0 Å². The third-order valence-corrected chi connectivity index (χ3v) is 0. The van der Waals surface area contributed by atoms with Crippen LogP contribution in [0, 0.1) is 0 Å². The fourth-order valence-corrected chi connectivity index (χ4v) is 0. The Hall–Kier alpha value is 0.710. The summed E-state index contributed by atoms with van der Waals surface area (Å²) in [4.78, 5) is 49.7. The predicted molar refractivity (Wildman–Crippen MR) is 41.7 cm³/mol. The molecule has 3 N–H and O–H groups in total. The van der Waals surface area contributed by atoms with E-state index in [1.165, 1.54) is 0 Å². The molecule has 0 aliphatic rings. The van der Waals surface area contributed by atoms with Gasteiger partial charge in [-0.3, -0.25) is 0 Å². The summed E-state index contributed by atoms with van der Waals surface area (Å²) in [6.07, 6.45) is 2.44. The van der Waals surface area contributed by atoms with Crippen molar-refractivity contribution in [1.82, 2.24) is 0 Å². The third-order valence-electron chi connectivity index (χ3n) is 0. The van der Waals surface area contributed by atoms with Crippen molar-refractivity contribution in [3.8, 4) is 0 Å². The first-order valence-electron chi connectivity index (χ1n) is 1.65. The minimum absolute atomic E-state index is 0. The molecular formula is C2H9O6P2S-3. The van der Waals surface area contributed by atoms with E-state index in [2.05, 4.69) is 18.1 Å². The van der Waals surface area contributed by atoms with Crippen LogP contribution in [0.1, 0.15) is 7.43 Å². The molecule has 0 fully saturated rings. The van der Waals surface area contributed by atoms with Crippen LogP contribution in [0.4, 0.5) is 0 Å². The highest BCUT2D eigenvalue weighted by Crippen LogP contribution is 2.18. The Labute approximate surface area is 69.9 Å². The molecule has 9 heteroatoms. The molecule has 6 nitrogen and oxygen atoms in total. The van der Waals surface area contributed by atoms with Gasteiger partial charge in [0.1, 0.15) is 0 Å². The fourth-order valence-electron chi connectivity index (χ4n) is 0. The van der Waals surface area contributed by atoms with Gasteiger partial charge in [0.2, 0.25) is 0 Å². The Morgan fingerprint density at radius 1 is 1.09 bits per heavy atom. The van der Waals surface area contributed by atoms with Gasteiger partial charge in [-0.2, -0.15) is 0 Å². The van der Waals surface area contributed by atoms with E-state index < -0.39 is 14.3 Å². The van der Waals surface area contributed by atoms with E-state index in [4.69, 9.17) is 24.5 Å². The highest BCUT2D eigenvalue weighted by atomic mass is 32.5. The van der Waals surface area contributed by atoms with Gasteiger partial charge in [0.25, 0.3) is 0 Å². The van der Waals surface area contributed by atoms with Crippen molar-refractivity contribution in [2.24, 2.45) is 0 Å². The van der Waals surface area contributed by atoms with Crippen LogP contribution in [0.3, 0.4) is 0 Å². The summed E-state index contributed by atoms with van der Waals surface area (Å²) in [6, 6.07) is 0. The highest BCUT2D eigenvalue weighted by molar-refractivity contribution is 8.04. The van der Waals surface area contributed by atoms with Gasteiger partial charge in [-0.15, -0.1) is 11.8 Å². The van der Waals surface area contributed by atoms with Crippen LogP contribution in [0.5, 0.6) is 0 Å². The van der Waals surface area contributed by atoms with E-state index in [-0.39, 0.29) is 7.43 Å². The normalized spacial score (nSPS) is 10.7. The molecule has 72 valence electrons. The summed E-state index contributed by atoms with van der Waals surface area (Å²) in [5, 5.41) is 0. The van der Waals surface area contributed by atoms with Crippen molar-refractivity contribution < 1.29 is 29.4 Å². The summed E-state index contributed by atoms with van der Waals surface area (Å²) >= 11 is 3.38. The zero-order chi connectivity index (χ0) is 9.00. The van der Waals surface area contributed by atoms with Crippen LogP contribution < -0.4 is 14.7 Å². The molecule has 0 saturated heterocycles. The maximum atomic E-state index is 9.22. The molecule has 0 aromatic heterocycles. The number of hydrogen-bond donors (Lipinski definition) is 3. The number of rotatable bonds is 0. The zero-order valence-electron chi connectivity index (χ0n) is 4.58. The van der Waals surface area contributed by atoms with Crippen LogP contribution in [0.2, 0.25) is 0 Å². The maximum Gasteiger partial charge on any atom is 0.0372 e. The molecule has 0 aliphatic heterocycles. The first kappa shape index (κ1) is 17.7. The van der Waals surface area contributed by atoms with E-state index in [1.54, 1.807) is 0 Å². The van der Waals surface area contributed by atoms with Crippen molar-refractivity contribution in [3.05, 3.63) is 0 Å². The Morgan fingerprint density at radius 3 is 1.09 bits per heavy atom. The van der Waals surface area contributed by atoms with Crippen molar-refractivity contribution in [3.63, 3.8) is 0 Å². The van der Waals surface area contributed by atoms with E-state index >= 15 is 0 Å². The zero-order valence-corrected chi connectivity index (χ0v) is 7.18. The second kappa shape index (κ2) is 6.25. The lowest BCUT2D eigenvalue weighted by Crippen LogP contribution is -2.10. The molecule has 0 rings (SSSR count). The van der Waals surface area contributed by atoms with Gasteiger partial charge >= 0.3 is 0 Å². The molecule has 0 atom stereocenters. The molecule has 0 amide bonds. The molecule has 0 aromatic carbocycles. The first-order chi connectivity index (χ1) is 4.00. The van der Waals surface area contributed by atoms with E-state index in [0.717, 1.165) is 0 Å². The van der Waals surface area contributed by atoms with Crippen molar-refractivity contribution in [2.75, 3.05) is 0 Å². The average Bonchev–Trinajstić information content (AvgIpc) is 1.12. The smallest absolute Gasteiger partial charge is 0.0372 e. The van der Waals surface area contributed by atoms with Crippen LogP contribution in [-0.4, -0.2) is 21.0 Å². The summed E-state index contributed by atoms with van der Waals surface area (Å²) in [6.45, 7) is -4.31. The number of hydrogen-bond acceptors (Lipinski definition) is 6. The first-order valence-corrected chi connectivity index (χ1v) is 6.04. The quantitative estimate of drug-likeness (QED) is 0.375. The van der Waals surface area contributed by atoms with Crippen LogP contribution >= 0.6 is 14.3 Å². The molecule has 11 heavy (non-hydrogen) atoms. The monoisotopic (exact) mass is 223 g/mol. The van der Waals surface area contributed by atoms with Crippen molar-refractivity contribution in [2.45, 2.75) is 7.43 Å². The standard InChI is InChI=1S/CH4O3P.CH4.H3O3PS/c1-5(2,3)4;;1-4(2,3)5/h1H2,(H2-,2,3,4);1H4;(H3,1,2,3,5)/q-1;;/p-2. The Kier molecular flexibility index (Phi) is 10.1. The molecule has 0 unspecified atom stereocenters. The van der Waals surface area contributed by atoms with Gasteiger partial charge in [0.05, 0.1) is 0 Å². The van der Waals surface area contributed by atoms with Crippen LogP contribution in [0.25, 0.3) is 0 Å². The van der Waals surface area contributed by atoms with E-state index in [0.29, 0.717) is 0 Å². The lowest BCUT2D eigenvalue weighted by Gasteiger charge is -2.25. The maximum absolute atomic E-state index is 9.22. The molecule has 0 aromatic rings. The summed E-state index contributed by atoms with van der Waals surface area (Å²) < 4.78 is 0. The molecule has 0 aliphatic carbocycles. The van der Waals surface area contributed by atoms with E-state index in [9.17, 15) is 4.89 Å². The lowest BCUT2D eigenvalue weighted by molar-refractivity contribution is -0.316. The minimum atomic E-state index is -4.31. The largest absolute Gasteiger partial charge is 0.812 e. The Morgan fingerprint density at radius 2 is 1.09 bits per heavy atom. The van der Waals surface area contributed by atoms with Gasteiger partial charge in [0.15, 0.2) is 0 Å². The predicted octanol–water partition coefficient (Wildman–Crippen LogP) is -2.91. The summed E-state index contributed by atoms with van der Waals surface area (Å²) in [7, 11) is -3.89. The second-order valence-corrected chi connectivity index (χ2v) is 4.78. The SMILES string of the molecule is C.C=P([O-])(O)O.[O-]P([O-])(O)=S. The summed E-state index contributed by atoms with van der Waals surface area (Å²) in [5.41, 5.74) is 0. The minimum Gasteiger partial charge on any atom is -0.812 e. The molecule has 0 spiro atoms. The highest BCUT2D eigenvalue weighted by Gasteiger charge is 1.70. The molecular weight excluding hydrogens is 214 g/mol. The Bertz CT molecular complexity index is 131. The topological polar surface area (TPSA) is 130 Å².